The van der Waals surface area contributed by atoms with E-state index in [0.717, 1.165) is 6.42 Å². The molecule has 1 aromatic carbocycles. The second-order valence-electron chi connectivity index (χ2n) is 5.40. The Hall–Kier alpha value is -2.37. The van der Waals surface area contributed by atoms with E-state index >= 15 is 0 Å². The topological polar surface area (TPSA) is 77.9 Å². The number of benzene rings is 1. The van der Waals surface area contributed by atoms with Crippen molar-refractivity contribution in [3.63, 3.8) is 0 Å². The fraction of sp³-hybridized carbons (Fsp3) is 0.400. The molecule has 6 nitrogen and oxygen atoms in total. The largest absolute Gasteiger partial charge is 0.478 e. The molecule has 2 fully saturated rings. The van der Waals surface area contributed by atoms with Gasteiger partial charge in [0.15, 0.2) is 0 Å². The summed E-state index contributed by atoms with van der Waals surface area (Å²) in [5, 5.41) is 9.18. The molecule has 1 N–H and O–H groups in total. The number of amides is 2. The molecule has 2 heterocycles. The number of carbonyl (C=O) groups is 3. The summed E-state index contributed by atoms with van der Waals surface area (Å²) in [5.74, 6) is -1.15. The summed E-state index contributed by atoms with van der Waals surface area (Å²) in [6, 6.07) is 6.22. The maximum Gasteiger partial charge on any atom is 0.336 e. The Morgan fingerprint density at radius 2 is 2.05 bits per heavy atom. The van der Waals surface area contributed by atoms with Crippen LogP contribution in [0, 0.1) is 0 Å². The Labute approximate surface area is 122 Å². The molecule has 0 spiro atoms. The molecule has 6 heteroatoms. The molecule has 2 aliphatic heterocycles. The van der Waals surface area contributed by atoms with Crippen molar-refractivity contribution in [2.45, 2.75) is 25.4 Å². The van der Waals surface area contributed by atoms with E-state index in [9.17, 15) is 19.5 Å². The number of rotatable bonds is 3. The van der Waals surface area contributed by atoms with Crippen LogP contribution in [0.1, 0.15) is 28.8 Å². The zero-order valence-corrected chi connectivity index (χ0v) is 11.5. The summed E-state index contributed by atoms with van der Waals surface area (Å²) in [7, 11) is 0. The van der Waals surface area contributed by atoms with E-state index in [0.29, 0.717) is 18.5 Å². The van der Waals surface area contributed by atoms with Gasteiger partial charge in [0, 0.05) is 13.1 Å². The van der Waals surface area contributed by atoms with E-state index in [2.05, 4.69) is 0 Å². The minimum atomic E-state index is -1.02. The first kappa shape index (κ1) is 13.6. The predicted molar refractivity (Wildman–Crippen MR) is 73.6 cm³/mol. The van der Waals surface area contributed by atoms with Crippen molar-refractivity contribution in [3.8, 4) is 0 Å². The van der Waals surface area contributed by atoms with Crippen molar-refractivity contribution in [1.29, 1.82) is 0 Å². The van der Waals surface area contributed by atoms with Gasteiger partial charge in [0.2, 0.25) is 11.8 Å². The zero-order valence-electron chi connectivity index (χ0n) is 11.5. The van der Waals surface area contributed by atoms with Gasteiger partial charge in [-0.1, -0.05) is 18.2 Å². The van der Waals surface area contributed by atoms with Gasteiger partial charge in [0.05, 0.1) is 5.56 Å². The first-order chi connectivity index (χ1) is 10.1. The van der Waals surface area contributed by atoms with Crippen LogP contribution in [0.15, 0.2) is 24.3 Å². The van der Waals surface area contributed by atoms with Gasteiger partial charge in [-0.3, -0.25) is 9.59 Å². The Morgan fingerprint density at radius 1 is 1.29 bits per heavy atom. The van der Waals surface area contributed by atoms with Crippen molar-refractivity contribution >= 4 is 17.8 Å². The third-order valence-electron chi connectivity index (χ3n) is 4.10. The molecule has 1 aromatic rings. The number of carbonyl (C=O) groups excluding carboxylic acids is 2. The minimum Gasteiger partial charge on any atom is -0.478 e. The normalized spacial score (nSPS) is 21.6. The van der Waals surface area contributed by atoms with Crippen LogP contribution in [0.25, 0.3) is 0 Å². The molecule has 0 radical (unpaired) electrons. The summed E-state index contributed by atoms with van der Waals surface area (Å²) in [6.07, 6.45) is 1.54. The van der Waals surface area contributed by atoms with E-state index in [4.69, 9.17) is 0 Å². The van der Waals surface area contributed by atoms with Crippen LogP contribution >= 0.6 is 0 Å². The lowest BCUT2D eigenvalue weighted by atomic mass is 10.1. The second-order valence-corrected chi connectivity index (χ2v) is 5.40. The lowest BCUT2D eigenvalue weighted by Crippen LogP contribution is -2.56. The summed E-state index contributed by atoms with van der Waals surface area (Å²) >= 11 is 0. The van der Waals surface area contributed by atoms with Gasteiger partial charge in [-0.05, 0) is 24.5 Å². The van der Waals surface area contributed by atoms with Crippen molar-refractivity contribution in [2.75, 3.05) is 13.1 Å². The number of hydrogen-bond acceptors (Lipinski definition) is 3. The number of hydrogen-bond donors (Lipinski definition) is 1. The fourth-order valence-electron chi connectivity index (χ4n) is 3.07. The Balaban J connectivity index is 1.83. The van der Waals surface area contributed by atoms with E-state index < -0.39 is 5.97 Å². The maximum absolute atomic E-state index is 12.4. The molecule has 0 aromatic heterocycles. The van der Waals surface area contributed by atoms with Crippen LogP contribution in [0.2, 0.25) is 0 Å². The number of nitrogens with zero attached hydrogens (tertiary/aromatic N) is 2. The molecule has 3 rings (SSSR count). The number of piperazine rings is 1. The van der Waals surface area contributed by atoms with Crippen LogP contribution in [-0.4, -0.2) is 51.8 Å². The molecule has 1 unspecified atom stereocenters. The van der Waals surface area contributed by atoms with Crippen molar-refractivity contribution < 1.29 is 19.5 Å². The summed E-state index contributed by atoms with van der Waals surface area (Å²) < 4.78 is 0. The number of aromatic carboxylic acids is 1. The highest BCUT2D eigenvalue weighted by atomic mass is 16.4. The van der Waals surface area contributed by atoms with Crippen LogP contribution in [0.4, 0.5) is 0 Å². The smallest absolute Gasteiger partial charge is 0.336 e. The van der Waals surface area contributed by atoms with Gasteiger partial charge in [-0.15, -0.1) is 0 Å². The fourth-order valence-corrected chi connectivity index (χ4v) is 3.07. The van der Waals surface area contributed by atoms with E-state index in [1.54, 1.807) is 23.1 Å². The summed E-state index contributed by atoms with van der Waals surface area (Å²) in [6.45, 7) is 0.843. The number of carboxylic acids is 1. The van der Waals surface area contributed by atoms with Crippen molar-refractivity contribution in [3.05, 3.63) is 35.4 Å². The lowest BCUT2D eigenvalue weighted by Gasteiger charge is -2.36. The molecule has 21 heavy (non-hydrogen) atoms. The van der Waals surface area contributed by atoms with Crippen LogP contribution in [-0.2, 0) is 16.1 Å². The SMILES string of the molecule is O=C(O)c1ccccc1CN1CC(=O)N2CCCC2C1=O. The maximum atomic E-state index is 12.4. The highest BCUT2D eigenvalue weighted by Gasteiger charge is 2.41. The molecule has 2 saturated heterocycles. The number of fused-ring (bicyclic) bond motifs is 1. The molecule has 0 saturated carbocycles. The molecular formula is C15H16N2O4. The van der Waals surface area contributed by atoms with Crippen LogP contribution < -0.4 is 0 Å². The van der Waals surface area contributed by atoms with Gasteiger partial charge in [-0.25, -0.2) is 4.79 Å². The molecule has 2 aliphatic rings. The van der Waals surface area contributed by atoms with Crippen LogP contribution in [0.5, 0.6) is 0 Å². The molecular weight excluding hydrogens is 272 g/mol. The van der Waals surface area contributed by atoms with Crippen LogP contribution in [0.3, 0.4) is 0 Å². The van der Waals surface area contributed by atoms with Crippen molar-refractivity contribution in [2.24, 2.45) is 0 Å². The summed E-state index contributed by atoms with van der Waals surface area (Å²) in [4.78, 5) is 38.8. The van der Waals surface area contributed by atoms with Gasteiger partial charge in [-0.2, -0.15) is 0 Å². The zero-order chi connectivity index (χ0) is 15.0. The van der Waals surface area contributed by atoms with E-state index in [1.807, 2.05) is 0 Å². The quantitative estimate of drug-likeness (QED) is 0.889. The Bertz CT molecular complexity index is 613. The average molecular weight is 288 g/mol. The van der Waals surface area contributed by atoms with Crippen molar-refractivity contribution in [1.82, 2.24) is 9.80 Å². The molecule has 1 atom stereocenters. The first-order valence-corrected chi connectivity index (χ1v) is 6.97. The minimum absolute atomic E-state index is 0.0310. The van der Waals surface area contributed by atoms with Gasteiger partial charge in [0.1, 0.15) is 12.6 Å². The first-order valence-electron chi connectivity index (χ1n) is 6.97. The van der Waals surface area contributed by atoms with E-state index in [1.165, 1.54) is 11.0 Å². The van der Waals surface area contributed by atoms with Gasteiger partial charge >= 0.3 is 5.97 Å². The second kappa shape index (κ2) is 5.20. The average Bonchev–Trinajstić information content (AvgIpc) is 2.95. The lowest BCUT2D eigenvalue weighted by molar-refractivity contribution is -0.154. The van der Waals surface area contributed by atoms with E-state index in [-0.39, 0.29) is 36.5 Å². The standard InChI is InChI=1S/C15H16N2O4/c18-13-9-16(14(19)12-6-3-7-17(12)13)8-10-4-1-2-5-11(10)15(20)21/h1-2,4-5,12H,3,6-9H2,(H,20,21). The molecule has 0 aliphatic carbocycles. The summed E-state index contributed by atoms with van der Waals surface area (Å²) in [5.41, 5.74) is 0.726. The molecule has 110 valence electrons. The molecule has 0 bridgehead atoms. The Morgan fingerprint density at radius 3 is 2.81 bits per heavy atom. The van der Waals surface area contributed by atoms with Gasteiger partial charge in [0.25, 0.3) is 0 Å². The van der Waals surface area contributed by atoms with Gasteiger partial charge < -0.3 is 14.9 Å². The molecule has 2 amide bonds. The third kappa shape index (κ3) is 2.37. The predicted octanol–water partition coefficient (Wildman–Crippen LogP) is 0.718. The monoisotopic (exact) mass is 288 g/mol. The number of carboxylic acid groups (broad SMARTS) is 1. The highest BCUT2D eigenvalue weighted by molar-refractivity contribution is 5.95. The highest BCUT2D eigenvalue weighted by Crippen LogP contribution is 2.25. The third-order valence-corrected chi connectivity index (χ3v) is 4.10. The Kier molecular flexibility index (Phi) is 3.37.